The Morgan fingerprint density at radius 1 is 0.923 bits per heavy atom. The largest absolute Gasteiger partial charge is 0.359 e. The van der Waals surface area contributed by atoms with E-state index in [2.05, 4.69) is 5.32 Å². The first-order valence-corrected chi connectivity index (χ1v) is 8.82. The minimum absolute atomic E-state index is 0.0157. The Balaban J connectivity index is 2.14. The minimum Gasteiger partial charge on any atom is -0.359 e. The Hall–Kier alpha value is -2.25. The fraction of sp³-hybridized carbons (Fsp3) is 0.350. The first-order valence-electron chi connectivity index (χ1n) is 8.82. The van der Waals surface area contributed by atoms with Crippen molar-refractivity contribution in [3.8, 4) is 0 Å². The van der Waals surface area contributed by atoms with Gasteiger partial charge in [0.05, 0.1) is 12.3 Å². The Labute approximate surface area is 154 Å². The molecule has 1 amide bonds. The maximum absolute atomic E-state index is 12.0. The zero-order valence-corrected chi connectivity index (χ0v) is 15.2. The predicted molar refractivity (Wildman–Crippen MR) is 105 cm³/mol. The fourth-order valence-corrected chi connectivity index (χ4v) is 2.98. The lowest BCUT2D eigenvalue weighted by Crippen LogP contribution is -2.22. The van der Waals surface area contributed by atoms with E-state index in [1.54, 1.807) is 7.05 Å². The number of aryl methyl sites for hydroxylation is 1. The predicted octanol–water partition coefficient (Wildman–Crippen LogP) is 1.37. The SMILES string of the molecule is CNC(=O)CC(CCc1ccc(C(N)N)cc1)c1cccc(C(N)N)c1. The molecule has 0 saturated carbocycles. The third kappa shape index (κ3) is 5.64. The van der Waals surface area contributed by atoms with E-state index in [1.807, 2.05) is 48.5 Å². The minimum atomic E-state index is -0.524. The number of carbonyl (C=O) groups is 1. The molecule has 2 aromatic rings. The second kappa shape index (κ2) is 9.45. The summed E-state index contributed by atoms with van der Waals surface area (Å²) in [6, 6.07) is 15.8. The van der Waals surface area contributed by atoms with Crippen LogP contribution in [-0.2, 0) is 11.2 Å². The summed E-state index contributed by atoms with van der Waals surface area (Å²) in [5, 5.41) is 2.70. The van der Waals surface area contributed by atoms with Gasteiger partial charge in [-0.2, -0.15) is 0 Å². The number of benzene rings is 2. The molecule has 0 bridgehead atoms. The second-order valence-corrected chi connectivity index (χ2v) is 6.58. The van der Waals surface area contributed by atoms with E-state index in [9.17, 15) is 4.79 Å². The summed E-state index contributed by atoms with van der Waals surface area (Å²) in [5.41, 5.74) is 27.0. The summed E-state index contributed by atoms with van der Waals surface area (Å²) in [6.07, 6.45) is 1.12. The van der Waals surface area contributed by atoms with Crippen LogP contribution in [0.25, 0.3) is 0 Å². The van der Waals surface area contributed by atoms with Gasteiger partial charge in [0.25, 0.3) is 0 Å². The van der Waals surface area contributed by atoms with Crippen molar-refractivity contribution in [2.75, 3.05) is 7.05 Å². The standard InChI is InChI=1S/C20H29N5O/c1-25-18(26)12-16(15-3-2-4-17(11-15)20(23)24)10-7-13-5-8-14(9-6-13)19(21)22/h2-6,8-9,11,16,19-20H,7,10,12,21-24H2,1H3,(H,25,26). The molecule has 2 rings (SSSR count). The van der Waals surface area contributed by atoms with Gasteiger partial charge < -0.3 is 28.3 Å². The Bertz CT molecular complexity index is 712. The van der Waals surface area contributed by atoms with Crippen LogP contribution in [-0.4, -0.2) is 13.0 Å². The number of rotatable bonds is 8. The van der Waals surface area contributed by atoms with E-state index in [0.29, 0.717) is 6.42 Å². The van der Waals surface area contributed by atoms with Gasteiger partial charge in [0.15, 0.2) is 0 Å². The van der Waals surface area contributed by atoms with Crippen LogP contribution in [0.15, 0.2) is 48.5 Å². The van der Waals surface area contributed by atoms with E-state index in [1.165, 1.54) is 5.56 Å². The molecule has 0 aliphatic carbocycles. The molecule has 0 saturated heterocycles. The Morgan fingerprint density at radius 3 is 2.12 bits per heavy atom. The highest BCUT2D eigenvalue weighted by Gasteiger charge is 2.17. The summed E-state index contributed by atoms with van der Waals surface area (Å²) >= 11 is 0. The van der Waals surface area contributed by atoms with Gasteiger partial charge in [-0.1, -0.05) is 48.5 Å². The van der Waals surface area contributed by atoms with Crippen LogP contribution < -0.4 is 28.3 Å². The van der Waals surface area contributed by atoms with Crippen LogP contribution in [0.5, 0.6) is 0 Å². The maximum Gasteiger partial charge on any atom is 0.220 e. The first kappa shape index (κ1) is 20.1. The van der Waals surface area contributed by atoms with Crippen LogP contribution in [0.4, 0.5) is 0 Å². The van der Waals surface area contributed by atoms with Crippen molar-refractivity contribution >= 4 is 5.91 Å². The molecular weight excluding hydrogens is 326 g/mol. The fourth-order valence-electron chi connectivity index (χ4n) is 2.98. The Kier molecular flexibility index (Phi) is 7.29. The molecule has 9 N–H and O–H groups in total. The van der Waals surface area contributed by atoms with Gasteiger partial charge in [-0.3, -0.25) is 4.79 Å². The van der Waals surface area contributed by atoms with Gasteiger partial charge >= 0.3 is 0 Å². The molecule has 0 fully saturated rings. The van der Waals surface area contributed by atoms with E-state index < -0.39 is 12.3 Å². The maximum atomic E-state index is 12.0. The average molecular weight is 355 g/mol. The zero-order valence-electron chi connectivity index (χ0n) is 15.2. The first-order chi connectivity index (χ1) is 12.4. The van der Waals surface area contributed by atoms with Crippen molar-refractivity contribution in [1.82, 2.24) is 5.32 Å². The van der Waals surface area contributed by atoms with Crippen LogP contribution >= 0.6 is 0 Å². The van der Waals surface area contributed by atoms with Crippen molar-refractivity contribution < 1.29 is 4.79 Å². The number of nitrogens with one attached hydrogen (secondary N) is 1. The summed E-state index contributed by atoms with van der Waals surface area (Å²) < 4.78 is 0. The highest BCUT2D eigenvalue weighted by atomic mass is 16.1. The van der Waals surface area contributed by atoms with Crippen molar-refractivity contribution in [1.29, 1.82) is 0 Å². The topological polar surface area (TPSA) is 133 Å². The average Bonchev–Trinajstić information content (AvgIpc) is 2.65. The zero-order chi connectivity index (χ0) is 19.1. The van der Waals surface area contributed by atoms with E-state index in [4.69, 9.17) is 22.9 Å². The molecule has 0 radical (unpaired) electrons. The number of hydrogen-bond acceptors (Lipinski definition) is 5. The molecule has 26 heavy (non-hydrogen) atoms. The summed E-state index contributed by atoms with van der Waals surface area (Å²) in [6.45, 7) is 0. The lowest BCUT2D eigenvalue weighted by Gasteiger charge is -2.19. The molecule has 0 heterocycles. The highest BCUT2D eigenvalue weighted by molar-refractivity contribution is 5.76. The Morgan fingerprint density at radius 2 is 1.54 bits per heavy atom. The highest BCUT2D eigenvalue weighted by Crippen LogP contribution is 2.27. The van der Waals surface area contributed by atoms with Gasteiger partial charge in [-0.25, -0.2) is 0 Å². The molecule has 0 aliphatic heterocycles. The van der Waals surface area contributed by atoms with Crippen LogP contribution in [0, 0.1) is 0 Å². The number of amides is 1. The molecule has 0 spiro atoms. The van der Waals surface area contributed by atoms with Gasteiger partial charge in [0.1, 0.15) is 0 Å². The molecule has 2 aromatic carbocycles. The van der Waals surface area contributed by atoms with Crippen LogP contribution in [0.1, 0.15) is 53.3 Å². The summed E-state index contributed by atoms with van der Waals surface area (Å²) in [4.78, 5) is 12.0. The van der Waals surface area contributed by atoms with Crippen molar-refractivity contribution in [2.45, 2.75) is 37.5 Å². The van der Waals surface area contributed by atoms with Crippen molar-refractivity contribution in [2.24, 2.45) is 22.9 Å². The molecule has 1 atom stereocenters. The third-order valence-electron chi connectivity index (χ3n) is 4.62. The molecule has 0 aromatic heterocycles. The lowest BCUT2D eigenvalue weighted by atomic mass is 9.88. The molecule has 6 nitrogen and oxygen atoms in total. The number of hydrogen-bond donors (Lipinski definition) is 5. The molecule has 0 aliphatic rings. The van der Waals surface area contributed by atoms with E-state index in [0.717, 1.165) is 29.5 Å². The lowest BCUT2D eigenvalue weighted by molar-refractivity contribution is -0.121. The normalized spacial score (nSPS) is 12.4. The molecule has 1 unspecified atom stereocenters. The van der Waals surface area contributed by atoms with Gasteiger partial charge in [-0.05, 0) is 41.0 Å². The van der Waals surface area contributed by atoms with Crippen LogP contribution in [0.2, 0.25) is 0 Å². The van der Waals surface area contributed by atoms with Gasteiger partial charge in [0.2, 0.25) is 5.91 Å². The number of carbonyl (C=O) groups excluding carboxylic acids is 1. The monoisotopic (exact) mass is 355 g/mol. The quantitative estimate of drug-likeness (QED) is 0.456. The van der Waals surface area contributed by atoms with E-state index in [-0.39, 0.29) is 11.8 Å². The summed E-state index contributed by atoms with van der Waals surface area (Å²) in [5.74, 6) is 0.104. The summed E-state index contributed by atoms with van der Waals surface area (Å²) in [7, 11) is 1.65. The second-order valence-electron chi connectivity index (χ2n) is 6.58. The smallest absolute Gasteiger partial charge is 0.220 e. The molecular formula is C20H29N5O. The van der Waals surface area contributed by atoms with Gasteiger partial charge in [0, 0.05) is 13.5 Å². The number of nitrogens with two attached hydrogens (primary N) is 4. The molecule has 6 heteroatoms. The van der Waals surface area contributed by atoms with Gasteiger partial charge in [-0.15, -0.1) is 0 Å². The molecule has 140 valence electrons. The third-order valence-corrected chi connectivity index (χ3v) is 4.62. The van der Waals surface area contributed by atoms with Crippen molar-refractivity contribution in [3.05, 3.63) is 70.8 Å². The van der Waals surface area contributed by atoms with Crippen molar-refractivity contribution in [3.63, 3.8) is 0 Å². The van der Waals surface area contributed by atoms with E-state index >= 15 is 0 Å². The van der Waals surface area contributed by atoms with Crippen LogP contribution in [0.3, 0.4) is 0 Å².